The van der Waals surface area contributed by atoms with Crippen molar-refractivity contribution in [2.24, 2.45) is 0 Å². The maximum Gasteiger partial charge on any atom is 0.265 e. The van der Waals surface area contributed by atoms with Crippen LogP contribution < -0.4 is 10.6 Å². The Morgan fingerprint density at radius 1 is 1.22 bits per heavy atom. The number of benzene rings is 1. The molecule has 2 heterocycles. The molecule has 1 aromatic heterocycles. The van der Waals surface area contributed by atoms with Gasteiger partial charge in [-0.1, -0.05) is 12.1 Å². The molecule has 120 valence electrons. The number of nitrogens with one attached hydrogen (secondary N) is 2. The van der Waals surface area contributed by atoms with E-state index in [4.69, 9.17) is 4.74 Å². The van der Waals surface area contributed by atoms with Crippen molar-refractivity contribution >= 4 is 28.8 Å². The third-order valence-corrected chi connectivity index (χ3v) is 4.51. The lowest BCUT2D eigenvalue weighted by Crippen LogP contribution is -2.31. The van der Waals surface area contributed by atoms with Crippen LogP contribution in [-0.4, -0.2) is 31.1 Å². The second kappa shape index (κ2) is 7.39. The van der Waals surface area contributed by atoms with Gasteiger partial charge < -0.3 is 15.4 Å². The highest BCUT2D eigenvalue weighted by molar-refractivity contribution is 7.12. The third kappa shape index (κ3) is 4.18. The molecular weight excluding hydrogens is 312 g/mol. The largest absolute Gasteiger partial charge is 0.376 e. The number of rotatable bonds is 5. The van der Waals surface area contributed by atoms with Crippen molar-refractivity contribution in [2.75, 3.05) is 18.5 Å². The maximum atomic E-state index is 12.2. The smallest absolute Gasteiger partial charge is 0.265 e. The number of hydrogen-bond acceptors (Lipinski definition) is 4. The predicted molar refractivity (Wildman–Crippen MR) is 90.0 cm³/mol. The number of amides is 2. The van der Waals surface area contributed by atoms with Gasteiger partial charge in [-0.3, -0.25) is 9.59 Å². The van der Waals surface area contributed by atoms with Crippen LogP contribution in [0, 0.1) is 0 Å². The first kappa shape index (κ1) is 15.7. The minimum Gasteiger partial charge on any atom is -0.376 e. The molecule has 1 saturated heterocycles. The van der Waals surface area contributed by atoms with Crippen LogP contribution >= 0.6 is 11.3 Å². The number of thiophene rings is 1. The molecule has 6 heteroatoms. The number of carbonyl (C=O) groups is 2. The van der Waals surface area contributed by atoms with E-state index < -0.39 is 0 Å². The zero-order chi connectivity index (χ0) is 16.1. The van der Waals surface area contributed by atoms with E-state index in [2.05, 4.69) is 10.6 Å². The predicted octanol–water partition coefficient (Wildman–Crippen LogP) is 2.91. The third-order valence-electron chi connectivity index (χ3n) is 3.64. The van der Waals surface area contributed by atoms with Crippen LogP contribution in [0.1, 0.15) is 32.9 Å². The van der Waals surface area contributed by atoms with E-state index in [-0.39, 0.29) is 17.9 Å². The summed E-state index contributed by atoms with van der Waals surface area (Å²) in [4.78, 5) is 24.9. The molecule has 3 rings (SSSR count). The molecule has 1 atom stereocenters. The first-order valence-corrected chi connectivity index (χ1v) is 8.45. The van der Waals surface area contributed by atoms with Gasteiger partial charge in [-0.15, -0.1) is 11.3 Å². The van der Waals surface area contributed by atoms with E-state index in [1.807, 2.05) is 11.4 Å². The molecule has 1 aliphatic rings. The number of hydrogen-bond donors (Lipinski definition) is 2. The first-order chi connectivity index (χ1) is 11.2. The highest BCUT2D eigenvalue weighted by Crippen LogP contribution is 2.15. The Morgan fingerprint density at radius 3 is 2.87 bits per heavy atom. The molecule has 2 amide bonds. The molecule has 0 spiro atoms. The van der Waals surface area contributed by atoms with Crippen molar-refractivity contribution in [3.8, 4) is 0 Å². The molecule has 1 unspecified atom stereocenters. The van der Waals surface area contributed by atoms with Gasteiger partial charge in [0.1, 0.15) is 0 Å². The number of carbonyl (C=O) groups excluding carboxylic acids is 2. The highest BCUT2D eigenvalue weighted by atomic mass is 32.1. The monoisotopic (exact) mass is 330 g/mol. The minimum atomic E-state index is -0.170. The van der Waals surface area contributed by atoms with Crippen molar-refractivity contribution in [1.82, 2.24) is 5.32 Å². The second-order valence-corrected chi connectivity index (χ2v) is 6.30. The number of ether oxygens (including phenoxy) is 1. The van der Waals surface area contributed by atoms with Crippen molar-refractivity contribution in [3.63, 3.8) is 0 Å². The zero-order valence-electron chi connectivity index (χ0n) is 12.6. The van der Waals surface area contributed by atoms with Crippen LogP contribution in [-0.2, 0) is 4.74 Å². The Kier molecular flexibility index (Phi) is 5.05. The fourth-order valence-corrected chi connectivity index (χ4v) is 3.07. The molecule has 2 N–H and O–H groups in total. The minimum absolute atomic E-state index is 0.112. The fraction of sp³-hybridized carbons (Fsp3) is 0.294. The second-order valence-electron chi connectivity index (χ2n) is 5.36. The summed E-state index contributed by atoms with van der Waals surface area (Å²) >= 11 is 1.38. The van der Waals surface area contributed by atoms with E-state index in [0.29, 0.717) is 22.7 Å². The molecule has 5 nitrogen and oxygen atoms in total. The van der Waals surface area contributed by atoms with Crippen LogP contribution in [0.2, 0.25) is 0 Å². The Balaban J connectivity index is 1.60. The van der Waals surface area contributed by atoms with Gasteiger partial charge in [0, 0.05) is 24.4 Å². The van der Waals surface area contributed by atoms with Gasteiger partial charge in [0.25, 0.3) is 11.8 Å². The topological polar surface area (TPSA) is 67.4 Å². The highest BCUT2D eigenvalue weighted by Gasteiger charge is 2.17. The van der Waals surface area contributed by atoms with Crippen molar-refractivity contribution in [2.45, 2.75) is 18.9 Å². The molecule has 2 aromatic rings. The van der Waals surface area contributed by atoms with E-state index >= 15 is 0 Å². The zero-order valence-corrected chi connectivity index (χ0v) is 13.4. The molecule has 0 aliphatic carbocycles. The lowest BCUT2D eigenvalue weighted by Gasteiger charge is -2.11. The summed E-state index contributed by atoms with van der Waals surface area (Å²) < 4.78 is 5.49. The van der Waals surface area contributed by atoms with Crippen LogP contribution in [0.5, 0.6) is 0 Å². The van der Waals surface area contributed by atoms with Crippen LogP contribution in [0.3, 0.4) is 0 Å². The average molecular weight is 330 g/mol. The molecule has 1 aromatic carbocycles. The molecular formula is C17H18N2O3S. The summed E-state index contributed by atoms with van der Waals surface area (Å²) in [5.41, 5.74) is 1.13. The van der Waals surface area contributed by atoms with Gasteiger partial charge >= 0.3 is 0 Å². The van der Waals surface area contributed by atoms with Crippen molar-refractivity contribution in [3.05, 3.63) is 52.2 Å². The Hall–Kier alpha value is -2.18. The first-order valence-electron chi connectivity index (χ1n) is 7.57. The van der Waals surface area contributed by atoms with E-state index in [1.165, 1.54) is 11.3 Å². The summed E-state index contributed by atoms with van der Waals surface area (Å²) in [6, 6.07) is 10.5. The quantitative estimate of drug-likeness (QED) is 0.886. The molecule has 0 saturated carbocycles. The maximum absolute atomic E-state index is 12.2. The lowest BCUT2D eigenvalue weighted by atomic mass is 10.1. The summed E-state index contributed by atoms with van der Waals surface area (Å²) in [7, 11) is 0. The standard InChI is InChI=1S/C17H18N2O3S/c20-16(18-11-14-6-2-8-22-14)12-4-1-5-13(10-12)19-17(21)15-7-3-9-23-15/h1,3-5,7,9-10,14H,2,6,8,11H2,(H,18,20)(H,19,21). The van der Waals surface area contributed by atoms with Crippen LogP contribution in [0.25, 0.3) is 0 Å². The van der Waals surface area contributed by atoms with E-state index in [1.54, 1.807) is 30.3 Å². The van der Waals surface area contributed by atoms with Crippen molar-refractivity contribution < 1.29 is 14.3 Å². The summed E-state index contributed by atoms with van der Waals surface area (Å²) in [5, 5.41) is 7.53. The number of anilines is 1. The summed E-state index contributed by atoms with van der Waals surface area (Å²) in [6.45, 7) is 1.29. The van der Waals surface area contributed by atoms with Gasteiger partial charge in [0.2, 0.25) is 0 Å². The van der Waals surface area contributed by atoms with Gasteiger partial charge in [-0.2, -0.15) is 0 Å². The molecule has 0 bridgehead atoms. The SMILES string of the molecule is O=C(NCC1CCCO1)c1cccc(NC(=O)c2cccs2)c1. The molecule has 0 radical (unpaired) electrons. The Labute approximate surface area is 138 Å². The van der Waals surface area contributed by atoms with E-state index in [9.17, 15) is 9.59 Å². The summed E-state index contributed by atoms with van der Waals surface area (Å²) in [5.74, 6) is -0.329. The van der Waals surface area contributed by atoms with Crippen LogP contribution in [0.4, 0.5) is 5.69 Å². The molecule has 1 aliphatic heterocycles. The van der Waals surface area contributed by atoms with Gasteiger partial charge in [0.15, 0.2) is 0 Å². The molecule has 23 heavy (non-hydrogen) atoms. The fourth-order valence-electron chi connectivity index (χ4n) is 2.45. The van der Waals surface area contributed by atoms with Crippen LogP contribution in [0.15, 0.2) is 41.8 Å². The Bertz CT molecular complexity index is 679. The normalized spacial score (nSPS) is 17.0. The molecule has 1 fully saturated rings. The van der Waals surface area contributed by atoms with Gasteiger partial charge in [0.05, 0.1) is 11.0 Å². The van der Waals surface area contributed by atoms with Gasteiger partial charge in [-0.05, 0) is 42.5 Å². The van der Waals surface area contributed by atoms with E-state index in [0.717, 1.165) is 19.4 Å². The Morgan fingerprint density at radius 2 is 2.13 bits per heavy atom. The average Bonchev–Trinajstić information content (AvgIpc) is 3.26. The van der Waals surface area contributed by atoms with Gasteiger partial charge in [-0.25, -0.2) is 0 Å². The van der Waals surface area contributed by atoms with Crippen molar-refractivity contribution in [1.29, 1.82) is 0 Å². The summed E-state index contributed by atoms with van der Waals surface area (Å²) in [6.07, 6.45) is 2.14. The lowest BCUT2D eigenvalue weighted by molar-refractivity contribution is 0.0857.